The molecule has 0 heterocycles. The van der Waals surface area contributed by atoms with E-state index in [-0.39, 0.29) is 18.7 Å². The molecule has 1 amide bonds. The van der Waals surface area contributed by atoms with E-state index in [1.165, 1.54) is 12.1 Å². The second-order valence-corrected chi connectivity index (χ2v) is 5.41. The van der Waals surface area contributed by atoms with Gasteiger partial charge < -0.3 is 10.1 Å². The molecule has 0 aliphatic carbocycles. The topological polar surface area (TPSA) is 55.4 Å². The van der Waals surface area contributed by atoms with Gasteiger partial charge in [0.1, 0.15) is 13.2 Å². The molecule has 4 nitrogen and oxygen atoms in total. The van der Waals surface area contributed by atoms with E-state index in [0.717, 1.165) is 17.7 Å². The Morgan fingerprint density at radius 2 is 1.80 bits per heavy atom. The molecule has 0 spiro atoms. The lowest BCUT2D eigenvalue weighted by molar-refractivity contribution is -0.143. The summed E-state index contributed by atoms with van der Waals surface area (Å²) in [5.41, 5.74) is 0.715. The first-order valence-electron chi connectivity index (χ1n) is 7.42. The van der Waals surface area contributed by atoms with E-state index in [0.29, 0.717) is 5.56 Å². The lowest BCUT2D eigenvalue weighted by Gasteiger charge is -2.10. The van der Waals surface area contributed by atoms with Crippen LogP contribution in [0.2, 0.25) is 0 Å². The lowest BCUT2D eigenvalue weighted by Crippen LogP contribution is -2.30. The highest BCUT2D eigenvalue weighted by Crippen LogP contribution is 2.29. The van der Waals surface area contributed by atoms with Gasteiger partial charge >= 0.3 is 12.1 Å². The van der Waals surface area contributed by atoms with Crippen molar-refractivity contribution in [1.29, 1.82) is 0 Å². The molecule has 0 aromatic heterocycles. The van der Waals surface area contributed by atoms with Gasteiger partial charge in [-0.1, -0.05) is 29.8 Å². The fourth-order valence-electron chi connectivity index (χ4n) is 2.09. The maximum absolute atomic E-state index is 12.6. The first-order valence-corrected chi connectivity index (χ1v) is 7.42. The zero-order valence-corrected chi connectivity index (χ0v) is 13.4. The monoisotopic (exact) mass is 351 g/mol. The number of hydrogen-bond donors (Lipinski definition) is 1. The molecule has 0 radical (unpaired) electrons. The molecule has 0 fully saturated rings. The standard InChI is InChI=1S/C18H16F3NO3/c1-12-4-2-6-14(8-12)17(24)22-10-16(23)25-11-13-5-3-7-15(9-13)18(19,20)21/h2-9H,10-11H2,1H3,(H,22,24). The molecule has 0 aliphatic heterocycles. The van der Waals surface area contributed by atoms with E-state index >= 15 is 0 Å². The maximum atomic E-state index is 12.6. The second-order valence-electron chi connectivity index (χ2n) is 5.41. The third-order valence-corrected chi connectivity index (χ3v) is 3.33. The predicted octanol–water partition coefficient (Wildman–Crippen LogP) is 3.49. The van der Waals surface area contributed by atoms with Crippen LogP contribution in [0.15, 0.2) is 48.5 Å². The third kappa shape index (κ3) is 5.63. The summed E-state index contributed by atoms with van der Waals surface area (Å²) in [6.07, 6.45) is -4.46. The molecule has 0 saturated carbocycles. The molecule has 0 bridgehead atoms. The van der Waals surface area contributed by atoms with E-state index < -0.39 is 23.6 Å². The molecule has 2 aromatic rings. The molecule has 2 aromatic carbocycles. The number of alkyl halides is 3. The number of carbonyl (C=O) groups excluding carboxylic acids is 2. The summed E-state index contributed by atoms with van der Waals surface area (Å²) >= 11 is 0. The van der Waals surface area contributed by atoms with Crippen molar-refractivity contribution in [2.45, 2.75) is 19.7 Å². The number of aryl methyl sites for hydroxylation is 1. The van der Waals surface area contributed by atoms with Gasteiger partial charge in [0, 0.05) is 5.56 Å². The Morgan fingerprint density at radius 3 is 2.48 bits per heavy atom. The molecule has 0 atom stereocenters. The van der Waals surface area contributed by atoms with Gasteiger partial charge in [-0.3, -0.25) is 9.59 Å². The molecule has 132 valence electrons. The molecule has 25 heavy (non-hydrogen) atoms. The van der Waals surface area contributed by atoms with Crippen LogP contribution < -0.4 is 5.32 Å². The first-order chi connectivity index (χ1) is 11.8. The smallest absolute Gasteiger partial charge is 0.416 e. The minimum atomic E-state index is -4.46. The van der Waals surface area contributed by atoms with E-state index in [9.17, 15) is 22.8 Å². The van der Waals surface area contributed by atoms with Gasteiger partial charge in [0.2, 0.25) is 0 Å². The molecular formula is C18H16F3NO3. The lowest BCUT2D eigenvalue weighted by atomic mass is 10.1. The summed E-state index contributed by atoms with van der Waals surface area (Å²) in [5.74, 6) is -1.17. The highest BCUT2D eigenvalue weighted by atomic mass is 19.4. The van der Waals surface area contributed by atoms with Gasteiger partial charge in [-0.15, -0.1) is 0 Å². The van der Waals surface area contributed by atoms with Crippen molar-refractivity contribution in [1.82, 2.24) is 5.32 Å². The number of benzene rings is 2. The Kier molecular flexibility index (Phi) is 5.80. The van der Waals surface area contributed by atoms with Crippen LogP contribution in [-0.4, -0.2) is 18.4 Å². The van der Waals surface area contributed by atoms with Gasteiger partial charge in [0.15, 0.2) is 0 Å². The van der Waals surface area contributed by atoms with E-state index in [2.05, 4.69) is 5.32 Å². The number of rotatable bonds is 5. The first kappa shape index (κ1) is 18.5. The molecular weight excluding hydrogens is 335 g/mol. The van der Waals surface area contributed by atoms with Crippen molar-refractivity contribution in [2.24, 2.45) is 0 Å². The fourth-order valence-corrected chi connectivity index (χ4v) is 2.09. The van der Waals surface area contributed by atoms with Gasteiger partial charge in [-0.2, -0.15) is 13.2 Å². The predicted molar refractivity (Wildman–Crippen MR) is 84.8 cm³/mol. The number of hydrogen-bond acceptors (Lipinski definition) is 3. The van der Waals surface area contributed by atoms with Crippen LogP contribution >= 0.6 is 0 Å². The third-order valence-electron chi connectivity index (χ3n) is 3.33. The van der Waals surface area contributed by atoms with Gasteiger partial charge in [-0.25, -0.2) is 0 Å². The highest BCUT2D eigenvalue weighted by molar-refractivity contribution is 5.96. The van der Waals surface area contributed by atoms with Crippen LogP contribution in [0.5, 0.6) is 0 Å². The molecule has 2 rings (SSSR count). The summed E-state index contributed by atoms with van der Waals surface area (Å²) in [5, 5.41) is 2.40. The fraction of sp³-hybridized carbons (Fsp3) is 0.222. The highest BCUT2D eigenvalue weighted by Gasteiger charge is 2.30. The second kappa shape index (κ2) is 7.83. The Morgan fingerprint density at radius 1 is 1.08 bits per heavy atom. The van der Waals surface area contributed by atoms with Gasteiger partial charge in [0.05, 0.1) is 5.56 Å². The van der Waals surface area contributed by atoms with Gasteiger partial charge in [-0.05, 0) is 36.8 Å². The minimum absolute atomic E-state index is 0.216. The number of halogens is 3. The Hall–Kier alpha value is -2.83. The van der Waals surface area contributed by atoms with Crippen LogP contribution in [0, 0.1) is 6.92 Å². The molecule has 0 unspecified atom stereocenters. The minimum Gasteiger partial charge on any atom is -0.460 e. The number of esters is 1. The van der Waals surface area contributed by atoms with Crippen molar-refractivity contribution in [3.63, 3.8) is 0 Å². The van der Waals surface area contributed by atoms with E-state index in [1.54, 1.807) is 18.2 Å². The van der Waals surface area contributed by atoms with Crippen molar-refractivity contribution in [3.05, 3.63) is 70.8 Å². The number of carbonyl (C=O) groups is 2. The van der Waals surface area contributed by atoms with E-state index in [4.69, 9.17) is 4.74 Å². The zero-order valence-electron chi connectivity index (χ0n) is 13.4. The van der Waals surface area contributed by atoms with E-state index in [1.807, 2.05) is 13.0 Å². The van der Waals surface area contributed by atoms with Crippen molar-refractivity contribution < 1.29 is 27.5 Å². The summed E-state index contributed by atoms with van der Waals surface area (Å²) in [7, 11) is 0. The molecule has 0 saturated heterocycles. The average Bonchev–Trinajstić information content (AvgIpc) is 2.57. The summed E-state index contributed by atoms with van der Waals surface area (Å²) in [4.78, 5) is 23.5. The summed E-state index contributed by atoms with van der Waals surface area (Å²) in [6.45, 7) is 1.16. The largest absolute Gasteiger partial charge is 0.460 e. The summed E-state index contributed by atoms with van der Waals surface area (Å²) in [6, 6.07) is 11.3. The quantitative estimate of drug-likeness (QED) is 0.839. The Balaban J connectivity index is 1.84. The van der Waals surface area contributed by atoms with Crippen LogP contribution in [0.3, 0.4) is 0 Å². The normalized spacial score (nSPS) is 11.0. The summed E-state index contributed by atoms with van der Waals surface area (Å²) < 4.78 is 42.7. The number of ether oxygens (including phenoxy) is 1. The van der Waals surface area contributed by atoms with Crippen LogP contribution in [0.4, 0.5) is 13.2 Å². The van der Waals surface area contributed by atoms with Crippen molar-refractivity contribution >= 4 is 11.9 Å². The Labute approximate surface area is 142 Å². The molecule has 1 N–H and O–H groups in total. The number of amides is 1. The van der Waals surface area contributed by atoms with Crippen LogP contribution in [-0.2, 0) is 22.3 Å². The van der Waals surface area contributed by atoms with Crippen LogP contribution in [0.25, 0.3) is 0 Å². The average molecular weight is 351 g/mol. The van der Waals surface area contributed by atoms with Crippen molar-refractivity contribution in [2.75, 3.05) is 6.54 Å². The Bertz CT molecular complexity index is 772. The maximum Gasteiger partial charge on any atom is 0.416 e. The SMILES string of the molecule is Cc1cccc(C(=O)NCC(=O)OCc2cccc(C(F)(F)F)c2)c1. The molecule has 0 aliphatic rings. The van der Waals surface area contributed by atoms with Gasteiger partial charge in [0.25, 0.3) is 5.91 Å². The van der Waals surface area contributed by atoms with Crippen LogP contribution in [0.1, 0.15) is 27.0 Å². The van der Waals surface area contributed by atoms with Crippen molar-refractivity contribution in [3.8, 4) is 0 Å². The zero-order chi connectivity index (χ0) is 18.4. The number of nitrogens with one attached hydrogen (secondary N) is 1. The molecule has 7 heteroatoms.